The van der Waals surface area contributed by atoms with Gasteiger partial charge in [0.15, 0.2) is 0 Å². The summed E-state index contributed by atoms with van der Waals surface area (Å²) in [5, 5.41) is 11.2. The number of phenolic OH excluding ortho intramolecular Hbond substituents is 1. The van der Waals surface area contributed by atoms with Crippen molar-refractivity contribution in [2.75, 3.05) is 5.32 Å². The van der Waals surface area contributed by atoms with Crippen molar-refractivity contribution in [3.05, 3.63) is 59.2 Å². The summed E-state index contributed by atoms with van der Waals surface area (Å²) >= 11 is 0. The Labute approximate surface area is 121 Å². The molecule has 0 saturated heterocycles. The minimum absolute atomic E-state index is 0.618. The maximum atomic E-state index is 13.5. The van der Waals surface area contributed by atoms with Crippen molar-refractivity contribution in [1.29, 1.82) is 0 Å². The molecule has 0 heterocycles. The standard InChI is InChI=1S/C14H8F5NO2/c15-8-4-2-5-9(16)11(8)13(22)20-12-7(14(17,18)19)3-1-6-10(12)21/h1-6,21H,(H,20,22). The zero-order chi connectivity index (χ0) is 16.5. The van der Waals surface area contributed by atoms with Crippen LogP contribution in [0.2, 0.25) is 0 Å². The van der Waals surface area contributed by atoms with Gasteiger partial charge in [-0.15, -0.1) is 0 Å². The Morgan fingerprint density at radius 3 is 2.09 bits per heavy atom. The van der Waals surface area contributed by atoms with Crippen LogP contribution in [0.15, 0.2) is 36.4 Å². The van der Waals surface area contributed by atoms with Crippen LogP contribution in [0.4, 0.5) is 27.6 Å². The van der Waals surface area contributed by atoms with E-state index in [1.807, 2.05) is 0 Å². The van der Waals surface area contributed by atoms with Gasteiger partial charge in [0.25, 0.3) is 5.91 Å². The van der Waals surface area contributed by atoms with Gasteiger partial charge in [-0.2, -0.15) is 13.2 Å². The molecular weight excluding hydrogens is 309 g/mol. The number of nitrogens with one attached hydrogen (secondary N) is 1. The summed E-state index contributed by atoms with van der Waals surface area (Å²) in [6.45, 7) is 0. The van der Waals surface area contributed by atoms with Gasteiger partial charge in [0.1, 0.15) is 22.9 Å². The molecule has 0 bridgehead atoms. The number of carbonyl (C=O) groups is 1. The van der Waals surface area contributed by atoms with Gasteiger partial charge >= 0.3 is 6.18 Å². The van der Waals surface area contributed by atoms with Crippen LogP contribution in [0.5, 0.6) is 5.75 Å². The smallest absolute Gasteiger partial charge is 0.418 e. The number of hydrogen-bond donors (Lipinski definition) is 2. The van der Waals surface area contributed by atoms with Gasteiger partial charge in [0.2, 0.25) is 0 Å². The number of para-hydroxylation sites is 1. The number of anilines is 1. The molecule has 8 heteroatoms. The van der Waals surface area contributed by atoms with Crippen LogP contribution < -0.4 is 5.32 Å². The van der Waals surface area contributed by atoms with Crippen LogP contribution in [-0.2, 0) is 6.18 Å². The SMILES string of the molecule is O=C(Nc1c(O)cccc1C(F)(F)F)c1c(F)cccc1F. The Hall–Kier alpha value is -2.64. The molecule has 0 aliphatic heterocycles. The van der Waals surface area contributed by atoms with E-state index in [1.165, 1.54) is 0 Å². The number of hydrogen-bond acceptors (Lipinski definition) is 2. The molecule has 0 spiro atoms. The van der Waals surface area contributed by atoms with Crippen molar-refractivity contribution < 1.29 is 31.9 Å². The van der Waals surface area contributed by atoms with Crippen LogP contribution in [0.25, 0.3) is 0 Å². The first-order valence-electron chi connectivity index (χ1n) is 5.86. The third-order valence-corrected chi connectivity index (χ3v) is 2.78. The highest BCUT2D eigenvalue weighted by Crippen LogP contribution is 2.39. The van der Waals surface area contributed by atoms with Crippen molar-refractivity contribution in [3.8, 4) is 5.75 Å². The average Bonchev–Trinajstić information content (AvgIpc) is 2.39. The molecular formula is C14H8F5NO2. The van der Waals surface area contributed by atoms with E-state index < -0.39 is 46.3 Å². The monoisotopic (exact) mass is 317 g/mol. The van der Waals surface area contributed by atoms with Gasteiger partial charge in [-0.1, -0.05) is 12.1 Å². The number of amides is 1. The lowest BCUT2D eigenvalue weighted by atomic mass is 10.1. The fourth-order valence-corrected chi connectivity index (χ4v) is 1.80. The predicted molar refractivity (Wildman–Crippen MR) is 67.4 cm³/mol. The summed E-state index contributed by atoms with van der Waals surface area (Å²) in [5.41, 5.74) is -3.35. The molecule has 3 nitrogen and oxygen atoms in total. The van der Waals surface area contributed by atoms with Crippen molar-refractivity contribution >= 4 is 11.6 Å². The van der Waals surface area contributed by atoms with Crippen molar-refractivity contribution in [1.82, 2.24) is 0 Å². The molecule has 2 N–H and O–H groups in total. The predicted octanol–water partition coefficient (Wildman–Crippen LogP) is 3.94. The Bertz CT molecular complexity index is 707. The molecule has 0 unspecified atom stereocenters. The van der Waals surface area contributed by atoms with Gasteiger partial charge in [-0.3, -0.25) is 4.79 Å². The summed E-state index contributed by atoms with van der Waals surface area (Å²) in [7, 11) is 0. The third-order valence-electron chi connectivity index (χ3n) is 2.78. The van der Waals surface area contributed by atoms with E-state index in [-0.39, 0.29) is 0 Å². The van der Waals surface area contributed by atoms with E-state index in [0.29, 0.717) is 6.07 Å². The number of alkyl halides is 3. The van der Waals surface area contributed by atoms with Gasteiger partial charge in [-0.05, 0) is 24.3 Å². The molecule has 2 rings (SSSR count). The van der Waals surface area contributed by atoms with E-state index >= 15 is 0 Å². The first-order valence-corrected chi connectivity index (χ1v) is 5.86. The molecule has 0 aromatic heterocycles. The van der Waals surface area contributed by atoms with E-state index in [4.69, 9.17) is 0 Å². The fraction of sp³-hybridized carbons (Fsp3) is 0.0714. The third kappa shape index (κ3) is 3.00. The highest BCUT2D eigenvalue weighted by atomic mass is 19.4. The van der Waals surface area contributed by atoms with Crippen LogP contribution in [0, 0.1) is 11.6 Å². The Morgan fingerprint density at radius 1 is 1.00 bits per heavy atom. The summed E-state index contributed by atoms with van der Waals surface area (Å²) in [4.78, 5) is 11.8. The number of aromatic hydroxyl groups is 1. The molecule has 0 saturated carbocycles. The maximum Gasteiger partial charge on any atom is 0.418 e. The summed E-state index contributed by atoms with van der Waals surface area (Å²) in [5.74, 6) is -4.79. The molecule has 2 aromatic rings. The highest BCUT2D eigenvalue weighted by molar-refractivity contribution is 6.05. The second-order valence-corrected chi connectivity index (χ2v) is 4.25. The Morgan fingerprint density at radius 2 is 1.55 bits per heavy atom. The van der Waals surface area contributed by atoms with E-state index in [9.17, 15) is 31.9 Å². The van der Waals surface area contributed by atoms with Crippen LogP contribution in [0.1, 0.15) is 15.9 Å². The number of rotatable bonds is 2. The van der Waals surface area contributed by atoms with E-state index in [2.05, 4.69) is 0 Å². The van der Waals surface area contributed by atoms with Crippen LogP contribution in [-0.4, -0.2) is 11.0 Å². The minimum atomic E-state index is -4.87. The molecule has 0 radical (unpaired) electrons. The second-order valence-electron chi connectivity index (χ2n) is 4.25. The fourth-order valence-electron chi connectivity index (χ4n) is 1.80. The zero-order valence-corrected chi connectivity index (χ0v) is 10.7. The first kappa shape index (κ1) is 15.7. The molecule has 0 aliphatic carbocycles. The normalized spacial score (nSPS) is 11.3. The molecule has 0 fully saturated rings. The number of carbonyl (C=O) groups excluding carboxylic acids is 1. The first-order chi connectivity index (χ1) is 10.2. The number of halogens is 5. The molecule has 116 valence electrons. The molecule has 2 aromatic carbocycles. The average molecular weight is 317 g/mol. The van der Waals surface area contributed by atoms with Gasteiger partial charge in [-0.25, -0.2) is 8.78 Å². The van der Waals surface area contributed by atoms with Gasteiger partial charge in [0.05, 0.1) is 11.3 Å². The van der Waals surface area contributed by atoms with Crippen LogP contribution in [0.3, 0.4) is 0 Å². The molecule has 1 amide bonds. The molecule has 22 heavy (non-hydrogen) atoms. The number of phenols is 1. The molecule has 0 aliphatic rings. The quantitative estimate of drug-likeness (QED) is 0.651. The van der Waals surface area contributed by atoms with E-state index in [0.717, 1.165) is 30.3 Å². The van der Waals surface area contributed by atoms with Gasteiger partial charge < -0.3 is 10.4 Å². The van der Waals surface area contributed by atoms with Crippen molar-refractivity contribution in [2.45, 2.75) is 6.18 Å². The lowest BCUT2D eigenvalue weighted by molar-refractivity contribution is -0.137. The summed E-state index contributed by atoms with van der Waals surface area (Å²) in [6.07, 6.45) is -4.87. The maximum absolute atomic E-state index is 13.5. The van der Waals surface area contributed by atoms with E-state index in [1.54, 1.807) is 5.32 Å². The summed E-state index contributed by atoms with van der Waals surface area (Å²) < 4.78 is 65.4. The van der Waals surface area contributed by atoms with Crippen LogP contribution >= 0.6 is 0 Å². The Balaban J connectivity index is 2.46. The second kappa shape index (κ2) is 5.63. The van der Waals surface area contributed by atoms with Gasteiger partial charge in [0, 0.05) is 0 Å². The number of benzene rings is 2. The minimum Gasteiger partial charge on any atom is -0.506 e. The topological polar surface area (TPSA) is 49.3 Å². The molecule has 0 atom stereocenters. The Kier molecular flexibility index (Phi) is 4.03. The lowest BCUT2D eigenvalue weighted by Crippen LogP contribution is -2.19. The van der Waals surface area contributed by atoms with Crippen molar-refractivity contribution in [3.63, 3.8) is 0 Å². The summed E-state index contributed by atoms with van der Waals surface area (Å²) in [6, 6.07) is 5.02. The van der Waals surface area contributed by atoms with Crippen molar-refractivity contribution in [2.24, 2.45) is 0 Å². The lowest BCUT2D eigenvalue weighted by Gasteiger charge is -2.15. The largest absolute Gasteiger partial charge is 0.506 e. The zero-order valence-electron chi connectivity index (χ0n) is 10.7. The highest BCUT2D eigenvalue weighted by Gasteiger charge is 2.35.